The van der Waals surface area contributed by atoms with Gasteiger partial charge < -0.3 is 19.1 Å². The van der Waals surface area contributed by atoms with Crippen LogP contribution in [0.1, 0.15) is 21.6 Å². The number of hydrogen-bond donors (Lipinski definition) is 0. The normalized spacial score (nSPS) is 13.9. The standard InChI is InChI=1S/C24H25ClN2O5/c1-15-18(13-23(28)31-3)19-12-22(30-2)21(26-8-10-32-11-9-26)14-20(19)27(15)24(29)16-4-6-17(25)7-5-16/h4-7,12,14H,8-11,13H2,1-3H3. The molecule has 2 heterocycles. The summed E-state index contributed by atoms with van der Waals surface area (Å²) in [6.45, 7) is 4.54. The maximum absolute atomic E-state index is 13.5. The highest BCUT2D eigenvalue weighted by Crippen LogP contribution is 2.38. The van der Waals surface area contributed by atoms with Crippen LogP contribution in [0, 0.1) is 6.92 Å². The number of benzene rings is 2. The molecule has 0 N–H and O–H groups in total. The Kier molecular flexibility index (Phi) is 6.39. The highest BCUT2D eigenvalue weighted by atomic mass is 35.5. The predicted molar refractivity (Wildman–Crippen MR) is 123 cm³/mol. The Bertz CT molecular complexity index is 1160. The van der Waals surface area contributed by atoms with E-state index in [1.807, 2.05) is 19.1 Å². The molecule has 1 aromatic heterocycles. The summed E-state index contributed by atoms with van der Waals surface area (Å²) >= 11 is 6.01. The smallest absolute Gasteiger partial charge is 0.310 e. The second-order valence-corrected chi connectivity index (χ2v) is 8.04. The largest absolute Gasteiger partial charge is 0.495 e. The van der Waals surface area contributed by atoms with Crippen LogP contribution in [0.2, 0.25) is 5.02 Å². The highest BCUT2D eigenvalue weighted by molar-refractivity contribution is 6.30. The van der Waals surface area contributed by atoms with Gasteiger partial charge in [0.15, 0.2) is 0 Å². The third-order valence-corrected chi connectivity index (χ3v) is 6.08. The van der Waals surface area contributed by atoms with Crippen molar-refractivity contribution in [3.63, 3.8) is 0 Å². The maximum Gasteiger partial charge on any atom is 0.310 e. The van der Waals surface area contributed by atoms with E-state index >= 15 is 0 Å². The fourth-order valence-electron chi connectivity index (χ4n) is 4.13. The van der Waals surface area contributed by atoms with E-state index in [0.29, 0.717) is 40.8 Å². The first-order valence-corrected chi connectivity index (χ1v) is 10.7. The Morgan fingerprint density at radius 1 is 1.09 bits per heavy atom. The Morgan fingerprint density at radius 2 is 1.78 bits per heavy atom. The summed E-state index contributed by atoms with van der Waals surface area (Å²) in [5, 5.41) is 1.34. The molecular weight excluding hydrogens is 432 g/mol. The lowest BCUT2D eigenvalue weighted by Gasteiger charge is -2.30. The number of nitrogens with zero attached hydrogens (tertiary/aromatic N) is 2. The number of esters is 1. The first-order valence-electron chi connectivity index (χ1n) is 10.4. The molecule has 7 nitrogen and oxygen atoms in total. The Hall–Kier alpha value is -3.03. The molecule has 168 valence electrons. The van der Waals surface area contributed by atoms with E-state index in [9.17, 15) is 9.59 Å². The van der Waals surface area contributed by atoms with Gasteiger partial charge in [0.05, 0.1) is 45.1 Å². The molecule has 8 heteroatoms. The van der Waals surface area contributed by atoms with E-state index < -0.39 is 0 Å². The Balaban J connectivity index is 1.94. The van der Waals surface area contributed by atoms with Gasteiger partial charge in [-0.15, -0.1) is 0 Å². The molecule has 1 aliphatic rings. The number of anilines is 1. The van der Waals surface area contributed by atoms with Gasteiger partial charge in [-0.25, -0.2) is 0 Å². The van der Waals surface area contributed by atoms with Crippen molar-refractivity contribution in [2.75, 3.05) is 45.4 Å². The summed E-state index contributed by atoms with van der Waals surface area (Å²) in [5.74, 6) is 0.113. The minimum atomic E-state index is -0.373. The summed E-state index contributed by atoms with van der Waals surface area (Å²) in [7, 11) is 2.97. The molecular formula is C24H25ClN2O5. The molecule has 0 radical (unpaired) electrons. The van der Waals surface area contributed by atoms with Crippen LogP contribution in [0.4, 0.5) is 5.69 Å². The lowest BCUT2D eigenvalue weighted by molar-refractivity contribution is -0.139. The third kappa shape index (κ3) is 4.06. The third-order valence-electron chi connectivity index (χ3n) is 5.83. The molecule has 0 bridgehead atoms. The SMILES string of the molecule is COC(=O)Cc1c(C)n(C(=O)c2ccc(Cl)cc2)c2cc(N3CCOCC3)c(OC)cc12. The van der Waals surface area contributed by atoms with Gasteiger partial charge in [-0.1, -0.05) is 11.6 Å². The summed E-state index contributed by atoms with van der Waals surface area (Å²) in [6.07, 6.45) is 0.0553. The molecule has 32 heavy (non-hydrogen) atoms. The first kappa shape index (κ1) is 22.2. The lowest BCUT2D eigenvalue weighted by Crippen LogP contribution is -2.36. The van der Waals surface area contributed by atoms with Crippen molar-refractivity contribution < 1.29 is 23.8 Å². The van der Waals surface area contributed by atoms with E-state index in [1.165, 1.54) is 7.11 Å². The number of carbonyl (C=O) groups is 2. The molecule has 0 aliphatic carbocycles. The molecule has 0 unspecified atom stereocenters. The van der Waals surface area contributed by atoms with Crippen molar-refractivity contribution in [2.24, 2.45) is 0 Å². The van der Waals surface area contributed by atoms with Crippen LogP contribution >= 0.6 is 11.6 Å². The fourth-order valence-corrected chi connectivity index (χ4v) is 4.26. The van der Waals surface area contributed by atoms with Crippen LogP contribution in [-0.4, -0.2) is 57.0 Å². The number of morpholine rings is 1. The van der Waals surface area contributed by atoms with Gasteiger partial charge in [0.1, 0.15) is 5.75 Å². The van der Waals surface area contributed by atoms with Crippen molar-refractivity contribution in [1.82, 2.24) is 4.57 Å². The van der Waals surface area contributed by atoms with E-state index in [2.05, 4.69) is 4.90 Å². The van der Waals surface area contributed by atoms with E-state index in [1.54, 1.807) is 35.9 Å². The number of ether oxygens (including phenoxy) is 3. The zero-order chi connectivity index (χ0) is 22.8. The zero-order valence-electron chi connectivity index (χ0n) is 18.3. The Labute approximate surface area is 191 Å². The van der Waals surface area contributed by atoms with Crippen LogP contribution < -0.4 is 9.64 Å². The summed E-state index contributed by atoms with van der Waals surface area (Å²) in [6, 6.07) is 10.6. The topological polar surface area (TPSA) is 70.0 Å². The molecule has 0 amide bonds. The molecule has 1 fully saturated rings. The van der Waals surface area contributed by atoms with Gasteiger partial charge in [-0.2, -0.15) is 0 Å². The Morgan fingerprint density at radius 3 is 2.41 bits per heavy atom. The average Bonchev–Trinajstić information content (AvgIpc) is 3.08. The van der Waals surface area contributed by atoms with Crippen LogP contribution in [-0.2, 0) is 20.7 Å². The lowest BCUT2D eigenvalue weighted by atomic mass is 10.1. The molecule has 0 atom stereocenters. The van der Waals surface area contributed by atoms with Crippen molar-refractivity contribution in [1.29, 1.82) is 0 Å². The van der Waals surface area contributed by atoms with Crippen molar-refractivity contribution >= 4 is 40.1 Å². The van der Waals surface area contributed by atoms with Gasteiger partial charge in [0.2, 0.25) is 0 Å². The van der Waals surface area contributed by atoms with Crippen molar-refractivity contribution in [3.8, 4) is 5.75 Å². The van der Waals surface area contributed by atoms with Crippen molar-refractivity contribution in [2.45, 2.75) is 13.3 Å². The average molecular weight is 457 g/mol. The first-order chi connectivity index (χ1) is 15.4. The zero-order valence-corrected chi connectivity index (χ0v) is 19.1. The van der Waals surface area contributed by atoms with Crippen molar-refractivity contribution in [3.05, 3.63) is 58.2 Å². The maximum atomic E-state index is 13.5. The molecule has 1 saturated heterocycles. The second-order valence-electron chi connectivity index (χ2n) is 7.60. The molecule has 0 saturated carbocycles. The summed E-state index contributed by atoms with van der Waals surface area (Å²) in [4.78, 5) is 27.9. The molecule has 1 aliphatic heterocycles. The van der Waals surface area contributed by atoms with Gasteiger partial charge in [0.25, 0.3) is 5.91 Å². The van der Waals surface area contributed by atoms with Gasteiger partial charge in [0, 0.05) is 34.8 Å². The van der Waals surface area contributed by atoms with E-state index in [0.717, 1.165) is 29.7 Å². The number of rotatable bonds is 5. The van der Waals surface area contributed by atoms with Crippen LogP contribution in [0.15, 0.2) is 36.4 Å². The molecule has 2 aromatic carbocycles. The van der Waals surface area contributed by atoms with Gasteiger partial charge >= 0.3 is 5.97 Å². The monoisotopic (exact) mass is 456 g/mol. The van der Waals surface area contributed by atoms with Gasteiger partial charge in [-0.05, 0) is 48.9 Å². The highest BCUT2D eigenvalue weighted by Gasteiger charge is 2.25. The quantitative estimate of drug-likeness (QED) is 0.543. The molecule has 3 aromatic rings. The number of carbonyl (C=O) groups excluding carboxylic acids is 2. The minimum Gasteiger partial charge on any atom is -0.495 e. The summed E-state index contributed by atoms with van der Waals surface area (Å²) < 4.78 is 17.7. The van der Waals surface area contributed by atoms with E-state index in [4.69, 9.17) is 25.8 Å². The van der Waals surface area contributed by atoms with E-state index in [-0.39, 0.29) is 18.3 Å². The number of aromatic nitrogens is 1. The van der Waals surface area contributed by atoms with Crippen LogP contribution in [0.5, 0.6) is 5.75 Å². The number of halogens is 1. The summed E-state index contributed by atoms with van der Waals surface area (Å²) in [5.41, 5.74) is 3.52. The second kappa shape index (κ2) is 9.22. The van der Waals surface area contributed by atoms with Crippen LogP contribution in [0.3, 0.4) is 0 Å². The van der Waals surface area contributed by atoms with Gasteiger partial charge in [-0.3, -0.25) is 14.2 Å². The minimum absolute atomic E-state index is 0.0553. The van der Waals surface area contributed by atoms with Crippen LogP contribution in [0.25, 0.3) is 10.9 Å². The number of fused-ring (bicyclic) bond motifs is 1. The predicted octanol–water partition coefficient (Wildman–Crippen LogP) is 3.85. The fraction of sp³-hybridized carbons (Fsp3) is 0.333. The number of methoxy groups -OCH3 is 2. The molecule has 0 spiro atoms. The number of hydrogen-bond acceptors (Lipinski definition) is 6. The molecule has 4 rings (SSSR count).